The zero-order chi connectivity index (χ0) is 9.56. The molecule has 0 aliphatic rings. The standard InChI is InChI=1S/C7H11ClO4/c1-5(9)7(10)12-6(2)11-4-3-8/h6,9H,1,3-4H2,2H3. The first kappa shape index (κ1) is 11.3. The first-order valence-corrected chi connectivity index (χ1v) is 3.87. The summed E-state index contributed by atoms with van der Waals surface area (Å²) in [5, 5.41) is 8.54. The van der Waals surface area contributed by atoms with Crippen LogP contribution in [0.3, 0.4) is 0 Å². The molecule has 1 N–H and O–H groups in total. The fraction of sp³-hybridized carbons (Fsp3) is 0.571. The monoisotopic (exact) mass is 194 g/mol. The van der Waals surface area contributed by atoms with Gasteiger partial charge in [0.25, 0.3) is 0 Å². The van der Waals surface area contributed by atoms with E-state index in [1.165, 1.54) is 6.92 Å². The predicted octanol–water partition coefficient (Wildman–Crippen LogP) is 1.20. The summed E-state index contributed by atoms with van der Waals surface area (Å²) >= 11 is 5.31. The molecule has 0 saturated carbocycles. The molecule has 0 aliphatic carbocycles. The normalized spacial score (nSPS) is 12.2. The molecule has 0 saturated heterocycles. The molecule has 0 aromatic carbocycles. The van der Waals surface area contributed by atoms with E-state index in [1.807, 2.05) is 0 Å². The van der Waals surface area contributed by atoms with Crippen molar-refractivity contribution in [3.05, 3.63) is 12.3 Å². The third kappa shape index (κ3) is 4.98. The Kier molecular flexibility index (Phi) is 5.49. The number of ether oxygens (including phenoxy) is 2. The Balaban J connectivity index is 3.61. The average Bonchev–Trinajstić information content (AvgIpc) is 2.00. The number of alkyl halides is 1. The number of halogens is 1. The van der Waals surface area contributed by atoms with E-state index in [1.54, 1.807) is 0 Å². The van der Waals surface area contributed by atoms with Crippen LogP contribution in [0.5, 0.6) is 0 Å². The minimum Gasteiger partial charge on any atom is -0.502 e. The quantitative estimate of drug-likeness (QED) is 0.235. The zero-order valence-corrected chi connectivity index (χ0v) is 7.50. The number of rotatable bonds is 5. The number of carbonyl (C=O) groups excluding carboxylic acids is 1. The van der Waals surface area contributed by atoms with Crippen molar-refractivity contribution in [2.75, 3.05) is 12.5 Å². The molecule has 1 atom stereocenters. The van der Waals surface area contributed by atoms with Gasteiger partial charge in [0.05, 0.1) is 6.61 Å². The first-order valence-electron chi connectivity index (χ1n) is 3.34. The lowest BCUT2D eigenvalue weighted by atomic mass is 10.6. The second-order valence-corrected chi connectivity index (χ2v) is 2.36. The summed E-state index contributed by atoms with van der Waals surface area (Å²) < 4.78 is 9.43. The Morgan fingerprint density at radius 2 is 2.33 bits per heavy atom. The fourth-order valence-corrected chi connectivity index (χ4v) is 0.552. The number of hydrogen-bond acceptors (Lipinski definition) is 4. The van der Waals surface area contributed by atoms with Gasteiger partial charge >= 0.3 is 5.97 Å². The van der Waals surface area contributed by atoms with Gasteiger partial charge in [-0.05, 0) is 13.5 Å². The maximum absolute atomic E-state index is 10.6. The molecular weight excluding hydrogens is 184 g/mol. The van der Waals surface area contributed by atoms with Crippen LogP contribution in [-0.2, 0) is 14.3 Å². The van der Waals surface area contributed by atoms with Crippen LogP contribution in [0.1, 0.15) is 6.92 Å². The second kappa shape index (κ2) is 5.85. The third-order valence-electron chi connectivity index (χ3n) is 0.938. The van der Waals surface area contributed by atoms with Crippen LogP contribution in [0.2, 0.25) is 0 Å². The van der Waals surface area contributed by atoms with E-state index in [4.69, 9.17) is 21.4 Å². The van der Waals surface area contributed by atoms with Crippen LogP contribution in [0.25, 0.3) is 0 Å². The molecular formula is C7H11ClO4. The van der Waals surface area contributed by atoms with E-state index in [2.05, 4.69) is 11.3 Å². The van der Waals surface area contributed by atoms with Crippen molar-refractivity contribution >= 4 is 17.6 Å². The largest absolute Gasteiger partial charge is 0.502 e. The van der Waals surface area contributed by atoms with Crippen LogP contribution >= 0.6 is 11.6 Å². The Morgan fingerprint density at radius 3 is 2.75 bits per heavy atom. The highest BCUT2D eigenvalue weighted by Crippen LogP contribution is 1.98. The van der Waals surface area contributed by atoms with Gasteiger partial charge in [0.15, 0.2) is 5.76 Å². The van der Waals surface area contributed by atoms with Crippen LogP contribution in [0.15, 0.2) is 12.3 Å². The number of aliphatic hydroxyl groups excluding tert-OH is 1. The summed E-state index contributed by atoms with van der Waals surface area (Å²) in [5.74, 6) is -1.21. The summed E-state index contributed by atoms with van der Waals surface area (Å²) in [6.45, 7) is 4.79. The number of aliphatic hydroxyl groups is 1. The first-order chi connectivity index (χ1) is 5.57. The van der Waals surface area contributed by atoms with Crippen molar-refractivity contribution in [2.45, 2.75) is 13.2 Å². The molecule has 4 nitrogen and oxygen atoms in total. The van der Waals surface area contributed by atoms with E-state index in [0.29, 0.717) is 5.88 Å². The highest BCUT2D eigenvalue weighted by molar-refractivity contribution is 6.17. The molecule has 70 valence electrons. The molecule has 0 heterocycles. The van der Waals surface area contributed by atoms with Crippen molar-refractivity contribution in [1.82, 2.24) is 0 Å². The fourth-order valence-electron chi connectivity index (χ4n) is 0.463. The van der Waals surface area contributed by atoms with Crippen molar-refractivity contribution in [2.24, 2.45) is 0 Å². The minimum atomic E-state index is -0.892. The third-order valence-corrected chi connectivity index (χ3v) is 1.09. The van der Waals surface area contributed by atoms with Gasteiger partial charge in [-0.15, -0.1) is 11.6 Å². The van der Waals surface area contributed by atoms with E-state index in [0.717, 1.165) is 0 Å². The van der Waals surface area contributed by atoms with Gasteiger partial charge < -0.3 is 14.6 Å². The highest BCUT2D eigenvalue weighted by atomic mass is 35.5. The summed E-state index contributed by atoms with van der Waals surface area (Å²) in [6.07, 6.45) is -0.722. The molecule has 0 aromatic heterocycles. The molecule has 0 radical (unpaired) electrons. The Morgan fingerprint density at radius 1 is 1.75 bits per heavy atom. The summed E-state index contributed by atoms with van der Waals surface area (Å²) in [7, 11) is 0. The number of carbonyl (C=O) groups is 1. The molecule has 1 unspecified atom stereocenters. The van der Waals surface area contributed by atoms with Crippen molar-refractivity contribution in [3.8, 4) is 0 Å². The molecule has 0 amide bonds. The van der Waals surface area contributed by atoms with Gasteiger partial charge in [-0.2, -0.15) is 0 Å². The van der Waals surface area contributed by atoms with E-state index in [-0.39, 0.29) is 6.61 Å². The SMILES string of the molecule is C=C(O)C(=O)OC(C)OCCCl. The molecule has 0 fully saturated rings. The average molecular weight is 195 g/mol. The highest BCUT2D eigenvalue weighted by Gasteiger charge is 2.11. The molecule has 12 heavy (non-hydrogen) atoms. The summed E-state index contributed by atoms with van der Waals surface area (Å²) in [5.41, 5.74) is 0. The lowest BCUT2D eigenvalue weighted by Gasteiger charge is -2.12. The van der Waals surface area contributed by atoms with Crippen molar-refractivity contribution in [1.29, 1.82) is 0 Å². The second-order valence-electron chi connectivity index (χ2n) is 1.98. The molecule has 0 aromatic rings. The summed E-state index contributed by atoms with van der Waals surface area (Å²) in [4.78, 5) is 10.6. The van der Waals surface area contributed by atoms with Gasteiger partial charge in [0.2, 0.25) is 6.29 Å². The van der Waals surface area contributed by atoms with E-state index < -0.39 is 18.0 Å². The smallest absolute Gasteiger partial charge is 0.375 e. The van der Waals surface area contributed by atoms with Crippen LogP contribution in [0.4, 0.5) is 0 Å². The van der Waals surface area contributed by atoms with E-state index >= 15 is 0 Å². The molecule has 5 heteroatoms. The van der Waals surface area contributed by atoms with E-state index in [9.17, 15) is 4.79 Å². The number of hydrogen-bond donors (Lipinski definition) is 1. The van der Waals surface area contributed by atoms with Gasteiger partial charge in [0, 0.05) is 5.88 Å². The molecule has 0 aliphatic heterocycles. The molecule has 0 spiro atoms. The Bertz CT molecular complexity index is 169. The van der Waals surface area contributed by atoms with Gasteiger partial charge in [-0.3, -0.25) is 0 Å². The predicted molar refractivity (Wildman–Crippen MR) is 44.0 cm³/mol. The van der Waals surface area contributed by atoms with Gasteiger partial charge in [0.1, 0.15) is 0 Å². The van der Waals surface area contributed by atoms with Crippen molar-refractivity contribution < 1.29 is 19.4 Å². The van der Waals surface area contributed by atoms with Crippen LogP contribution in [-0.4, -0.2) is 29.9 Å². The zero-order valence-electron chi connectivity index (χ0n) is 6.75. The van der Waals surface area contributed by atoms with Crippen molar-refractivity contribution in [3.63, 3.8) is 0 Å². The Hall–Kier alpha value is -0.740. The van der Waals surface area contributed by atoms with Gasteiger partial charge in [-0.25, -0.2) is 4.79 Å². The maximum Gasteiger partial charge on any atom is 0.375 e. The lowest BCUT2D eigenvalue weighted by Crippen LogP contribution is -2.19. The van der Waals surface area contributed by atoms with Crippen LogP contribution in [0, 0.1) is 0 Å². The number of esters is 1. The lowest BCUT2D eigenvalue weighted by molar-refractivity contribution is -0.171. The van der Waals surface area contributed by atoms with Crippen LogP contribution < -0.4 is 0 Å². The molecule has 0 bridgehead atoms. The Labute approximate surface area is 75.7 Å². The molecule has 0 rings (SSSR count). The minimum absolute atomic E-state index is 0.286. The maximum atomic E-state index is 10.6. The van der Waals surface area contributed by atoms with Gasteiger partial charge in [-0.1, -0.05) is 0 Å². The summed E-state index contributed by atoms with van der Waals surface area (Å²) in [6, 6.07) is 0. The topological polar surface area (TPSA) is 55.8 Å².